The lowest BCUT2D eigenvalue weighted by Crippen LogP contribution is -2.42. The van der Waals surface area contributed by atoms with Gasteiger partial charge in [0.1, 0.15) is 24.5 Å². The summed E-state index contributed by atoms with van der Waals surface area (Å²) >= 11 is 7.95. The van der Waals surface area contributed by atoms with Gasteiger partial charge in [0.05, 0.1) is 26.2 Å². The number of nitrogens with zero attached hydrogens (tertiary/aromatic N) is 2. The highest BCUT2D eigenvalue weighted by Crippen LogP contribution is 2.33. The maximum absolute atomic E-state index is 13.4. The lowest BCUT2D eigenvalue weighted by atomic mass is 10.2. The summed E-state index contributed by atoms with van der Waals surface area (Å²) in [5.74, 6) is 7.33. The molecule has 1 saturated heterocycles. The topological polar surface area (TPSA) is 100 Å². The summed E-state index contributed by atoms with van der Waals surface area (Å²) in [7, 11) is 0. The summed E-state index contributed by atoms with van der Waals surface area (Å²) in [5, 5.41) is 12.8. The average Bonchev–Trinajstić information content (AvgIpc) is 3.54. The molecule has 2 aromatic carbocycles. The fraction of sp³-hybridized carbons (Fsp3) is 0.250. The van der Waals surface area contributed by atoms with Gasteiger partial charge in [-0.3, -0.25) is 0 Å². The van der Waals surface area contributed by atoms with Crippen LogP contribution in [0.1, 0.15) is 23.8 Å². The van der Waals surface area contributed by atoms with E-state index in [2.05, 4.69) is 43.1 Å². The number of carbonyl (C=O) groups excluding carboxylic acids is 1. The predicted molar refractivity (Wildman–Crippen MR) is 152 cm³/mol. The summed E-state index contributed by atoms with van der Waals surface area (Å²) < 4.78 is 20.1. The molecule has 200 valence electrons. The van der Waals surface area contributed by atoms with Gasteiger partial charge in [-0.1, -0.05) is 35.6 Å². The van der Waals surface area contributed by atoms with Crippen LogP contribution in [0.5, 0.6) is 5.75 Å². The number of ether oxygens (including phenoxy) is 1. The molecule has 0 bridgehead atoms. The third-order valence-corrected chi connectivity index (χ3v) is 7.30. The van der Waals surface area contributed by atoms with Crippen LogP contribution in [0.15, 0.2) is 54.9 Å². The van der Waals surface area contributed by atoms with Crippen LogP contribution in [0.25, 0.3) is 10.2 Å². The molecule has 5 rings (SSSR count). The number of anilines is 2. The van der Waals surface area contributed by atoms with Gasteiger partial charge in [-0.2, -0.15) is 0 Å². The molecule has 11 heteroatoms. The Morgan fingerprint density at radius 2 is 2.15 bits per heavy atom. The number of fused-ring (bicyclic) bond motifs is 1. The Labute approximate surface area is 234 Å². The molecule has 2 atom stereocenters. The van der Waals surface area contributed by atoms with E-state index in [1.165, 1.54) is 29.8 Å². The van der Waals surface area contributed by atoms with E-state index in [0.717, 1.165) is 27.2 Å². The van der Waals surface area contributed by atoms with Crippen molar-refractivity contribution in [3.63, 3.8) is 0 Å². The first kappa shape index (κ1) is 26.7. The minimum Gasteiger partial charge on any atom is -0.487 e. The van der Waals surface area contributed by atoms with Gasteiger partial charge in [-0.15, -0.1) is 11.3 Å². The first-order valence-electron chi connectivity index (χ1n) is 12.4. The van der Waals surface area contributed by atoms with Crippen LogP contribution in [0, 0.1) is 17.7 Å². The van der Waals surface area contributed by atoms with Crippen molar-refractivity contribution in [2.45, 2.75) is 32.0 Å². The van der Waals surface area contributed by atoms with Crippen LogP contribution in [0.4, 0.5) is 20.7 Å². The highest BCUT2D eigenvalue weighted by molar-refractivity contribution is 7.20. The van der Waals surface area contributed by atoms with E-state index in [0.29, 0.717) is 35.2 Å². The van der Waals surface area contributed by atoms with Crippen molar-refractivity contribution in [3.8, 4) is 17.6 Å². The number of hydrogen-bond acceptors (Lipinski definition) is 7. The van der Waals surface area contributed by atoms with E-state index in [4.69, 9.17) is 16.3 Å². The molecular formula is C28H26ClFN6O2S. The average molecular weight is 565 g/mol. The third-order valence-electron chi connectivity index (χ3n) is 5.96. The summed E-state index contributed by atoms with van der Waals surface area (Å²) in [4.78, 5) is 21.4. The number of carbonyl (C=O) groups is 1. The Morgan fingerprint density at radius 3 is 2.97 bits per heavy atom. The van der Waals surface area contributed by atoms with Gasteiger partial charge in [0, 0.05) is 24.8 Å². The molecule has 1 aliphatic heterocycles. The van der Waals surface area contributed by atoms with E-state index in [1.54, 1.807) is 24.3 Å². The predicted octanol–water partition coefficient (Wildman–Crippen LogP) is 5.21. The maximum atomic E-state index is 13.4. The van der Waals surface area contributed by atoms with Gasteiger partial charge in [0.2, 0.25) is 0 Å². The Kier molecular flexibility index (Phi) is 8.42. The fourth-order valence-electron chi connectivity index (χ4n) is 4.14. The Bertz CT molecular complexity index is 1550. The van der Waals surface area contributed by atoms with Crippen molar-refractivity contribution >= 4 is 50.7 Å². The zero-order valence-electron chi connectivity index (χ0n) is 21.1. The minimum atomic E-state index is -0.310. The van der Waals surface area contributed by atoms with Crippen molar-refractivity contribution in [2.75, 3.05) is 18.4 Å². The van der Waals surface area contributed by atoms with E-state index in [1.807, 2.05) is 19.1 Å². The van der Waals surface area contributed by atoms with Gasteiger partial charge < -0.3 is 26.0 Å². The van der Waals surface area contributed by atoms with Gasteiger partial charge in [0.25, 0.3) is 0 Å². The zero-order valence-corrected chi connectivity index (χ0v) is 22.6. The lowest BCUT2D eigenvalue weighted by Gasteiger charge is -2.11. The van der Waals surface area contributed by atoms with Crippen LogP contribution in [-0.2, 0) is 6.61 Å². The summed E-state index contributed by atoms with van der Waals surface area (Å²) in [5.41, 5.74) is 2.24. The van der Waals surface area contributed by atoms with Gasteiger partial charge in [-0.05, 0) is 55.3 Å². The molecule has 39 heavy (non-hydrogen) atoms. The highest BCUT2D eigenvalue weighted by atomic mass is 35.5. The molecule has 0 saturated carbocycles. The standard InChI is InChI=1S/C28H26ClFN6O2S/c1-2-31-28(37)36-21-11-19(32-14-21)6-8-22-13-24-26(39-22)27(34-16-33-24)35-20-7-9-25(23(29)12-20)38-15-17-4-3-5-18(30)10-17/h3-5,7,9-10,12-13,16,19,21,32H,2,11,14-15H2,1H3,(H2,31,36,37)(H,33,34,35)/t19-,21+/m0/s1. The molecule has 3 heterocycles. The largest absolute Gasteiger partial charge is 0.487 e. The van der Waals surface area contributed by atoms with E-state index in [-0.39, 0.29) is 30.5 Å². The van der Waals surface area contributed by atoms with Crippen molar-refractivity contribution in [1.29, 1.82) is 0 Å². The molecule has 8 nitrogen and oxygen atoms in total. The van der Waals surface area contributed by atoms with Crippen LogP contribution in [-0.4, -0.2) is 41.2 Å². The van der Waals surface area contributed by atoms with Crippen LogP contribution in [0.2, 0.25) is 5.02 Å². The Balaban J connectivity index is 1.24. The first-order chi connectivity index (χ1) is 19.0. The molecule has 4 aromatic rings. The minimum absolute atomic E-state index is 0.00499. The van der Waals surface area contributed by atoms with E-state index in [9.17, 15) is 9.18 Å². The number of urea groups is 1. The fourth-order valence-corrected chi connectivity index (χ4v) is 5.29. The molecule has 0 unspecified atom stereocenters. The van der Waals surface area contributed by atoms with Crippen LogP contribution < -0.4 is 26.0 Å². The second-order valence-corrected chi connectivity index (χ2v) is 10.4. The van der Waals surface area contributed by atoms with Crippen LogP contribution in [0.3, 0.4) is 0 Å². The van der Waals surface area contributed by atoms with Crippen molar-refractivity contribution < 1.29 is 13.9 Å². The monoisotopic (exact) mass is 564 g/mol. The van der Waals surface area contributed by atoms with Gasteiger partial charge in [-0.25, -0.2) is 19.2 Å². The van der Waals surface area contributed by atoms with Crippen molar-refractivity contribution in [1.82, 2.24) is 25.9 Å². The summed E-state index contributed by atoms with van der Waals surface area (Å²) in [6.07, 6.45) is 2.24. The number of halogens is 2. The molecule has 1 aliphatic rings. The first-order valence-corrected chi connectivity index (χ1v) is 13.6. The molecule has 1 fully saturated rings. The number of benzene rings is 2. The third kappa shape index (κ3) is 6.95. The quantitative estimate of drug-likeness (QED) is 0.230. The van der Waals surface area contributed by atoms with Gasteiger partial charge >= 0.3 is 6.03 Å². The van der Waals surface area contributed by atoms with Crippen molar-refractivity contribution in [2.24, 2.45) is 0 Å². The number of thiophene rings is 1. The molecule has 0 aliphatic carbocycles. The number of rotatable bonds is 7. The van der Waals surface area contributed by atoms with E-state index < -0.39 is 0 Å². The number of hydrogen-bond donors (Lipinski definition) is 4. The SMILES string of the molecule is CCNC(=O)N[C@H]1CN[C@@H](C#Cc2cc3ncnc(Nc4ccc(OCc5cccc(F)c5)c(Cl)c4)c3s2)C1. The maximum Gasteiger partial charge on any atom is 0.315 e. The Hall–Kier alpha value is -3.91. The highest BCUT2D eigenvalue weighted by Gasteiger charge is 2.23. The number of aromatic nitrogens is 2. The molecule has 0 radical (unpaired) electrons. The van der Waals surface area contributed by atoms with Crippen LogP contribution >= 0.6 is 22.9 Å². The summed E-state index contributed by atoms with van der Waals surface area (Å²) in [6, 6.07) is 13.4. The molecular weight excluding hydrogens is 539 g/mol. The molecule has 4 N–H and O–H groups in total. The second-order valence-electron chi connectivity index (χ2n) is 8.90. The second kappa shape index (κ2) is 12.3. The molecule has 2 aromatic heterocycles. The lowest BCUT2D eigenvalue weighted by molar-refractivity contribution is 0.238. The molecule has 2 amide bonds. The number of nitrogens with one attached hydrogen (secondary N) is 4. The molecule has 0 spiro atoms. The summed E-state index contributed by atoms with van der Waals surface area (Å²) in [6.45, 7) is 3.36. The normalized spacial score (nSPS) is 16.4. The van der Waals surface area contributed by atoms with Gasteiger partial charge in [0.15, 0.2) is 5.82 Å². The number of amides is 2. The Morgan fingerprint density at radius 1 is 1.26 bits per heavy atom. The van der Waals surface area contributed by atoms with Crippen molar-refractivity contribution in [3.05, 3.63) is 76.1 Å². The zero-order chi connectivity index (χ0) is 27.2. The van der Waals surface area contributed by atoms with E-state index >= 15 is 0 Å². The smallest absolute Gasteiger partial charge is 0.315 e.